The van der Waals surface area contributed by atoms with Crippen molar-refractivity contribution >= 4 is 64.3 Å². The number of hydrogen-bond donors (Lipinski definition) is 2. The quantitative estimate of drug-likeness (QED) is 0.513. The van der Waals surface area contributed by atoms with E-state index >= 15 is 0 Å². The second-order valence-electron chi connectivity index (χ2n) is 1.50. The van der Waals surface area contributed by atoms with Gasteiger partial charge in [-0.05, 0) is 38.3 Å². The van der Waals surface area contributed by atoms with Crippen molar-refractivity contribution in [1.82, 2.24) is 0 Å². The van der Waals surface area contributed by atoms with E-state index in [4.69, 9.17) is 11.5 Å². The molecular formula is C6H15N2NaO2S2. The molecule has 0 atom stereocenters. The van der Waals surface area contributed by atoms with Crippen LogP contribution in [0.15, 0.2) is 0 Å². The standard InChI is InChI=1S/2C3H7NOS.Na.H/c2*1-2-5-3(4)6;;/h2*2H2,1H3,(H2,4,6);;. The van der Waals surface area contributed by atoms with Crippen LogP contribution in [0, 0.1) is 0 Å². The van der Waals surface area contributed by atoms with E-state index in [1.54, 1.807) is 0 Å². The zero-order valence-electron chi connectivity index (χ0n) is 7.20. The molecule has 0 saturated carbocycles. The fraction of sp³-hybridized carbons (Fsp3) is 0.667. The van der Waals surface area contributed by atoms with Gasteiger partial charge in [0.2, 0.25) is 0 Å². The van der Waals surface area contributed by atoms with E-state index in [-0.39, 0.29) is 39.9 Å². The molecule has 0 aromatic carbocycles. The summed E-state index contributed by atoms with van der Waals surface area (Å²) in [5.41, 5.74) is 9.82. The number of thiocarbonyl (C=S) groups is 2. The van der Waals surface area contributed by atoms with Gasteiger partial charge in [-0.1, -0.05) is 0 Å². The van der Waals surface area contributed by atoms with Crippen molar-refractivity contribution in [3.05, 3.63) is 0 Å². The van der Waals surface area contributed by atoms with Crippen molar-refractivity contribution in [3.8, 4) is 0 Å². The molecule has 13 heavy (non-hydrogen) atoms. The SMILES string of the molecule is CCOC(N)=S.CCOC(N)=S.[NaH]. The molecule has 0 spiro atoms. The minimum atomic E-state index is 0. The van der Waals surface area contributed by atoms with Crippen LogP contribution in [0.3, 0.4) is 0 Å². The summed E-state index contributed by atoms with van der Waals surface area (Å²) in [4.78, 5) is 0. The van der Waals surface area contributed by atoms with E-state index in [1.165, 1.54) is 0 Å². The second-order valence-corrected chi connectivity index (χ2v) is 2.31. The topological polar surface area (TPSA) is 70.5 Å². The Labute approximate surface area is 112 Å². The molecule has 7 heteroatoms. The maximum absolute atomic E-state index is 4.91. The third kappa shape index (κ3) is 32.8. The zero-order valence-corrected chi connectivity index (χ0v) is 8.83. The molecule has 0 aliphatic carbocycles. The second kappa shape index (κ2) is 14.9. The van der Waals surface area contributed by atoms with E-state index in [1.807, 2.05) is 13.8 Å². The van der Waals surface area contributed by atoms with Crippen LogP contribution in [0.5, 0.6) is 0 Å². The van der Waals surface area contributed by atoms with Gasteiger partial charge in [-0.25, -0.2) is 0 Å². The molecule has 74 valence electrons. The predicted molar refractivity (Wildman–Crippen MR) is 64.0 cm³/mol. The van der Waals surface area contributed by atoms with Gasteiger partial charge >= 0.3 is 29.6 Å². The molecule has 0 aliphatic heterocycles. The number of rotatable bonds is 2. The van der Waals surface area contributed by atoms with Gasteiger partial charge < -0.3 is 20.9 Å². The molecule has 0 unspecified atom stereocenters. The van der Waals surface area contributed by atoms with Crippen molar-refractivity contribution in [2.75, 3.05) is 13.2 Å². The van der Waals surface area contributed by atoms with Crippen LogP contribution in [0.2, 0.25) is 0 Å². The fourth-order valence-corrected chi connectivity index (χ4v) is 0.520. The summed E-state index contributed by atoms with van der Waals surface area (Å²) in [5, 5.41) is 0.245. The molecule has 0 rings (SSSR count). The van der Waals surface area contributed by atoms with Crippen LogP contribution in [0.25, 0.3) is 0 Å². The van der Waals surface area contributed by atoms with Gasteiger partial charge in [0, 0.05) is 0 Å². The molecule has 0 aliphatic rings. The molecule has 0 aromatic rings. The Morgan fingerprint density at radius 1 is 1.00 bits per heavy atom. The average molecular weight is 234 g/mol. The zero-order chi connectivity index (χ0) is 9.98. The maximum atomic E-state index is 4.91. The Morgan fingerprint density at radius 3 is 1.23 bits per heavy atom. The third-order valence-corrected chi connectivity index (χ3v) is 0.809. The van der Waals surface area contributed by atoms with E-state index in [9.17, 15) is 0 Å². The number of nitrogens with two attached hydrogens (primary N) is 2. The van der Waals surface area contributed by atoms with E-state index in [0.717, 1.165) is 0 Å². The summed E-state index contributed by atoms with van der Waals surface area (Å²) in [6.07, 6.45) is 0. The first-order valence-corrected chi connectivity index (χ1v) is 4.20. The average Bonchev–Trinajstić information content (AvgIpc) is 1.87. The van der Waals surface area contributed by atoms with Crippen molar-refractivity contribution in [2.24, 2.45) is 11.5 Å². The Hall–Kier alpha value is 0.380. The van der Waals surface area contributed by atoms with Crippen molar-refractivity contribution in [3.63, 3.8) is 0 Å². The van der Waals surface area contributed by atoms with E-state index in [2.05, 4.69) is 33.9 Å². The Bertz CT molecular complexity index is 131. The van der Waals surface area contributed by atoms with Crippen LogP contribution >= 0.6 is 24.4 Å². The summed E-state index contributed by atoms with van der Waals surface area (Å²) < 4.78 is 9.10. The monoisotopic (exact) mass is 234 g/mol. The first kappa shape index (κ1) is 19.0. The Kier molecular flexibility index (Phi) is 21.8. The summed E-state index contributed by atoms with van der Waals surface area (Å²) in [6, 6.07) is 0. The third-order valence-electron chi connectivity index (χ3n) is 0.573. The molecule has 4 N–H and O–H groups in total. The minimum absolute atomic E-state index is 0. The Balaban J connectivity index is -0.000000143. The molecule has 0 amide bonds. The van der Waals surface area contributed by atoms with Gasteiger partial charge in [-0.3, -0.25) is 0 Å². The van der Waals surface area contributed by atoms with Gasteiger partial charge in [-0.2, -0.15) is 0 Å². The van der Waals surface area contributed by atoms with Gasteiger partial charge in [0.25, 0.3) is 10.3 Å². The van der Waals surface area contributed by atoms with Crippen molar-refractivity contribution < 1.29 is 9.47 Å². The van der Waals surface area contributed by atoms with Gasteiger partial charge in [0.1, 0.15) is 0 Å². The van der Waals surface area contributed by atoms with Crippen LogP contribution in [-0.4, -0.2) is 53.1 Å². The van der Waals surface area contributed by atoms with Crippen LogP contribution in [0.1, 0.15) is 13.8 Å². The van der Waals surface area contributed by atoms with Gasteiger partial charge in [0.05, 0.1) is 13.2 Å². The van der Waals surface area contributed by atoms with E-state index in [0.29, 0.717) is 13.2 Å². The van der Waals surface area contributed by atoms with Crippen LogP contribution < -0.4 is 11.5 Å². The van der Waals surface area contributed by atoms with Gasteiger partial charge in [-0.15, -0.1) is 0 Å². The van der Waals surface area contributed by atoms with Crippen LogP contribution in [-0.2, 0) is 9.47 Å². The molecule has 0 bridgehead atoms. The molecule has 4 nitrogen and oxygen atoms in total. The van der Waals surface area contributed by atoms with Gasteiger partial charge in [0.15, 0.2) is 0 Å². The molecule has 0 heterocycles. The molecular weight excluding hydrogens is 219 g/mol. The first-order chi connectivity index (χ1) is 5.54. The molecule has 0 saturated heterocycles. The van der Waals surface area contributed by atoms with Crippen LogP contribution in [0.4, 0.5) is 0 Å². The molecule has 0 aromatic heterocycles. The predicted octanol–water partition coefficient (Wildman–Crippen LogP) is -0.115. The van der Waals surface area contributed by atoms with Crippen molar-refractivity contribution in [2.45, 2.75) is 13.8 Å². The van der Waals surface area contributed by atoms with E-state index < -0.39 is 0 Å². The first-order valence-electron chi connectivity index (χ1n) is 3.39. The normalized spacial score (nSPS) is 6.92. The number of ether oxygens (including phenoxy) is 2. The molecule has 0 fully saturated rings. The number of hydrogen-bond acceptors (Lipinski definition) is 4. The summed E-state index contributed by atoms with van der Waals surface area (Å²) in [6.45, 7) is 4.79. The Morgan fingerprint density at radius 2 is 1.23 bits per heavy atom. The summed E-state index contributed by atoms with van der Waals surface area (Å²) >= 11 is 8.70. The summed E-state index contributed by atoms with van der Waals surface area (Å²) in [7, 11) is 0. The summed E-state index contributed by atoms with van der Waals surface area (Å²) in [5.74, 6) is 0. The molecule has 0 radical (unpaired) electrons. The van der Waals surface area contributed by atoms with Crippen molar-refractivity contribution in [1.29, 1.82) is 0 Å². The fourth-order valence-electron chi connectivity index (χ4n) is 0.285.